The average Bonchev–Trinajstić information content (AvgIpc) is 2.93. The Morgan fingerprint density at radius 1 is 0.565 bits per heavy atom. The molecule has 0 radical (unpaired) electrons. The summed E-state index contributed by atoms with van der Waals surface area (Å²) < 4.78 is 8.28. The van der Waals surface area contributed by atoms with Gasteiger partial charge in [0.05, 0.1) is 0 Å². The van der Waals surface area contributed by atoms with Crippen molar-refractivity contribution < 1.29 is 4.42 Å². The highest BCUT2D eigenvalue weighted by Crippen LogP contribution is 2.39. The summed E-state index contributed by atoms with van der Waals surface area (Å²) in [5, 5.41) is 7.25. The van der Waals surface area contributed by atoms with Crippen LogP contribution in [0.2, 0.25) is 0 Å². The summed E-state index contributed by atoms with van der Waals surface area (Å²) in [6.07, 6.45) is 0. The Balaban J connectivity index is 2.10. The van der Waals surface area contributed by atoms with Crippen molar-refractivity contribution in [2.24, 2.45) is 0 Å². The van der Waals surface area contributed by atoms with Gasteiger partial charge in [-0.3, -0.25) is 0 Å². The zero-order valence-electron chi connectivity index (χ0n) is 11.9. The summed E-state index contributed by atoms with van der Waals surface area (Å²) in [5.41, 5.74) is 1.87. The molecule has 23 heavy (non-hydrogen) atoms. The van der Waals surface area contributed by atoms with Gasteiger partial charge in [-0.1, -0.05) is 56.1 Å². The van der Waals surface area contributed by atoms with Crippen molar-refractivity contribution in [1.29, 1.82) is 0 Å². The third-order valence-electron chi connectivity index (χ3n) is 4.36. The molecule has 0 aliphatic carbocycles. The number of hydrogen-bond donors (Lipinski definition) is 0. The van der Waals surface area contributed by atoms with Gasteiger partial charge in [0, 0.05) is 19.7 Å². The van der Waals surface area contributed by atoms with Gasteiger partial charge < -0.3 is 4.42 Å². The van der Waals surface area contributed by atoms with Crippen LogP contribution in [-0.2, 0) is 0 Å². The minimum atomic E-state index is 0.935. The summed E-state index contributed by atoms with van der Waals surface area (Å²) in [7, 11) is 0. The number of rotatable bonds is 0. The van der Waals surface area contributed by atoms with E-state index in [0.717, 1.165) is 20.1 Å². The maximum absolute atomic E-state index is 6.11. The van der Waals surface area contributed by atoms with Crippen molar-refractivity contribution in [3.05, 3.63) is 69.6 Å². The molecule has 0 saturated carbocycles. The van der Waals surface area contributed by atoms with E-state index in [0.29, 0.717) is 0 Å². The molecule has 0 saturated heterocycles. The minimum Gasteiger partial charge on any atom is -0.456 e. The molecule has 0 unspecified atom stereocenters. The zero-order chi connectivity index (χ0) is 15.6. The Labute approximate surface area is 149 Å². The molecule has 110 valence electrons. The Kier molecular flexibility index (Phi) is 2.85. The van der Waals surface area contributed by atoms with E-state index in [2.05, 4.69) is 92.5 Å². The molecule has 5 rings (SSSR count). The molecule has 0 aliphatic heterocycles. The summed E-state index contributed by atoms with van der Waals surface area (Å²) in [5.74, 6) is 0. The van der Waals surface area contributed by atoms with Crippen molar-refractivity contribution in [2.75, 3.05) is 0 Å². The molecule has 0 atom stereocenters. The van der Waals surface area contributed by atoms with Crippen LogP contribution in [0.5, 0.6) is 0 Å². The lowest BCUT2D eigenvalue weighted by molar-refractivity contribution is 0.669. The van der Waals surface area contributed by atoms with Crippen molar-refractivity contribution in [3.8, 4) is 0 Å². The maximum atomic E-state index is 6.11. The predicted molar refractivity (Wildman–Crippen MR) is 104 cm³/mol. The number of benzene rings is 4. The van der Waals surface area contributed by atoms with Crippen LogP contribution in [0, 0.1) is 0 Å². The largest absolute Gasteiger partial charge is 0.456 e. The van der Waals surface area contributed by atoms with Gasteiger partial charge in [0.2, 0.25) is 0 Å². The first-order chi connectivity index (χ1) is 11.2. The fraction of sp³-hybridized carbons (Fsp3) is 0. The lowest BCUT2D eigenvalue weighted by Crippen LogP contribution is -1.78. The summed E-state index contributed by atoms with van der Waals surface area (Å²) in [6, 6.07) is 21.1. The molecule has 1 heterocycles. The first-order valence-corrected chi connectivity index (χ1v) is 8.92. The molecule has 0 amide bonds. The number of hydrogen-bond acceptors (Lipinski definition) is 1. The molecule has 0 spiro atoms. The standard InChI is InChI=1S/C20H10Br2O/c21-13-3-5-15-11(9-13)1-7-17-19(15)20-16-6-4-14(22)10-12(16)2-8-18(20)23-17/h1-10H. The van der Waals surface area contributed by atoms with E-state index in [1.54, 1.807) is 0 Å². The second-order valence-corrected chi connectivity index (χ2v) is 7.54. The van der Waals surface area contributed by atoms with Crippen LogP contribution in [0.25, 0.3) is 43.5 Å². The molecule has 4 aromatic carbocycles. The first kappa shape index (κ1) is 13.6. The van der Waals surface area contributed by atoms with Crippen molar-refractivity contribution in [1.82, 2.24) is 0 Å². The number of fused-ring (bicyclic) bond motifs is 7. The Morgan fingerprint density at radius 2 is 1.04 bits per heavy atom. The van der Waals surface area contributed by atoms with Crippen LogP contribution in [0.15, 0.2) is 74.0 Å². The average molecular weight is 426 g/mol. The topological polar surface area (TPSA) is 13.1 Å². The van der Waals surface area contributed by atoms with Crippen LogP contribution in [0.4, 0.5) is 0 Å². The van der Waals surface area contributed by atoms with Gasteiger partial charge in [0.1, 0.15) is 11.2 Å². The van der Waals surface area contributed by atoms with E-state index in [1.807, 2.05) is 0 Å². The smallest absolute Gasteiger partial charge is 0.136 e. The second-order valence-electron chi connectivity index (χ2n) is 5.71. The van der Waals surface area contributed by atoms with Gasteiger partial charge in [-0.05, 0) is 57.9 Å². The number of furan rings is 1. The molecular formula is C20H10Br2O. The monoisotopic (exact) mass is 424 g/mol. The first-order valence-electron chi connectivity index (χ1n) is 7.33. The lowest BCUT2D eigenvalue weighted by atomic mass is 10.00. The molecule has 0 N–H and O–H groups in total. The van der Waals surface area contributed by atoms with Gasteiger partial charge in [-0.25, -0.2) is 0 Å². The minimum absolute atomic E-state index is 0.935. The van der Waals surface area contributed by atoms with Gasteiger partial charge in [0.25, 0.3) is 0 Å². The Morgan fingerprint density at radius 3 is 1.52 bits per heavy atom. The molecule has 1 aromatic heterocycles. The third kappa shape index (κ3) is 1.97. The highest BCUT2D eigenvalue weighted by Gasteiger charge is 2.13. The van der Waals surface area contributed by atoms with E-state index >= 15 is 0 Å². The van der Waals surface area contributed by atoms with Crippen LogP contribution in [0.1, 0.15) is 0 Å². The van der Waals surface area contributed by atoms with Gasteiger partial charge in [-0.2, -0.15) is 0 Å². The van der Waals surface area contributed by atoms with E-state index in [9.17, 15) is 0 Å². The fourth-order valence-electron chi connectivity index (χ4n) is 3.37. The van der Waals surface area contributed by atoms with E-state index in [-0.39, 0.29) is 0 Å². The quantitative estimate of drug-likeness (QED) is 0.251. The van der Waals surface area contributed by atoms with Crippen LogP contribution in [0.3, 0.4) is 0 Å². The molecule has 5 aromatic rings. The van der Waals surface area contributed by atoms with E-state index in [1.165, 1.54) is 32.3 Å². The van der Waals surface area contributed by atoms with Gasteiger partial charge in [0.15, 0.2) is 0 Å². The second kappa shape index (κ2) is 4.83. The normalized spacial score (nSPS) is 11.9. The molecular weight excluding hydrogens is 416 g/mol. The maximum Gasteiger partial charge on any atom is 0.136 e. The summed E-state index contributed by atoms with van der Waals surface area (Å²) >= 11 is 7.11. The molecule has 3 heteroatoms. The molecule has 1 nitrogen and oxygen atoms in total. The Hall–Kier alpha value is -1.84. The summed E-state index contributed by atoms with van der Waals surface area (Å²) in [6.45, 7) is 0. The molecule has 0 fully saturated rings. The fourth-order valence-corrected chi connectivity index (χ4v) is 4.12. The van der Waals surface area contributed by atoms with E-state index < -0.39 is 0 Å². The van der Waals surface area contributed by atoms with Gasteiger partial charge >= 0.3 is 0 Å². The van der Waals surface area contributed by atoms with Crippen molar-refractivity contribution in [3.63, 3.8) is 0 Å². The third-order valence-corrected chi connectivity index (χ3v) is 5.34. The molecule has 0 aliphatic rings. The number of halogens is 2. The van der Waals surface area contributed by atoms with Crippen molar-refractivity contribution >= 4 is 75.3 Å². The predicted octanol–water partition coefficient (Wildman–Crippen LogP) is 7.42. The molecule has 0 bridgehead atoms. The SMILES string of the molecule is Brc1ccc2c(ccc3oc4ccc5cc(Br)ccc5c4c32)c1. The van der Waals surface area contributed by atoms with Crippen molar-refractivity contribution in [2.45, 2.75) is 0 Å². The Bertz CT molecular complexity index is 1140. The lowest BCUT2D eigenvalue weighted by Gasteiger charge is -2.03. The van der Waals surface area contributed by atoms with Crippen LogP contribution < -0.4 is 0 Å². The van der Waals surface area contributed by atoms with Crippen LogP contribution in [-0.4, -0.2) is 0 Å². The van der Waals surface area contributed by atoms with Crippen LogP contribution >= 0.6 is 31.9 Å². The highest BCUT2D eigenvalue weighted by atomic mass is 79.9. The zero-order valence-corrected chi connectivity index (χ0v) is 15.1. The highest BCUT2D eigenvalue weighted by molar-refractivity contribution is 9.10. The summed E-state index contributed by atoms with van der Waals surface area (Å²) in [4.78, 5) is 0. The van der Waals surface area contributed by atoms with E-state index in [4.69, 9.17) is 4.42 Å². The van der Waals surface area contributed by atoms with Gasteiger partial charge in [-0.15, -0.1) is 0 Å².